The van der Waals surface area contributed by atoms with Gasteiger partial charge >= 0.3 is 6.09 Å². The number of Topliss-reactive ketones (excluding diaryl/α,β-unsaturated/α-hetero) is 1. The Morgan fingerprint density at radius 2 is 1.67 bits per heavy atom. The fraction of sp³-hybridized carbons (Fsp3) is 0.895. The van der Waals surface area contributed by atoms with E-state index in [1.807, 2.05) is 20.8 Å². The molecule has 0 aliphatic carbocycles. The molecule has 1 amide bonds. The number of likely N-dealkylation sites (tertiary alicyclic amines) is 2. The van der Waals surface area contributed by atoms with E-state index in [0.717, 1.165) is 26.1 Å². The lowest BCUT2D eigenvalue weighted by Crippen LogP contribution is -2.52. The highest BCUT2D eigenvalue weighted by Gasteiger charge is 2.42. The SMILES string of the molecule is CC(C)(C)OC(=O)N1CCC(C)(N2CCC(=O)CC2)C1.CCCC. The predicted octanol–water partition coefficient (Wildman–Crippen LogP) is 3.86. The number of ether oxygens (including phenoxy) is 1. The summed E-state index contributed by atoms with van der Waals surface area (Å²) in [6.07, 6.45) is 4.64. The maximum absolute atomic E-state index is 12.1. The summed E-state index contributed by atoms with van der Waals surface area (Å²) in [6.45, 7) is 15.3. The molecule has 1 unspecified atom stereocenters. The van der Waals surface area contributed by atoms with Crippen LogP contribution in [0.15, 0.2) is 0 Å². The van der Waals surface area contributed by atoms with E-state index in [0.29, 0.717) is 25.2 Å². The lowest BCUT2D eigenvalue weighted by atomic mass is 9.95. The van der Waals surface area contributed by atoms with Crippen molar-refractivity contribution in [1.82, 2.24) is 9.80 Å². The predicted molar refractivity (Wildman–Crippen MR) is 97.2 cm³/mol. The van der Waals surface area contributed by atoms with Gasteiger partial charge in [0.05, 0.1) is 0 Å². The van der Waals surface area contributed by atoms with Gasteiger partial charge in [-0.1, -0.05) is 26.7 Å². The second-order valence-corrected chi connectivity index (χ2v) is 8.17. The Kier molecular flexibility index (Phi) is 7.71. The van der Waals surface area contributed by atoms with Crippen molar-refractivity contribution in [3.8, 4) is 0 Å². The third-order valence-corrected chi connectivity index (χ3v) is 4.69. The first-order valence-corrected chi connectivity index (χ1v) is 9.36. The minimum atomic E-state index is -0.451. The van der Waals surface area contributed by atoms with Crippen LogP contribution in [0.3, 0.4) is 0 Å². The van der Waals surface area contributed by atoms with Crippen LogP contribution >= 0.6 is 0 Å². The third kappa shape index (κ3) is 6.42. The summed E-state index contributed by atoms with van der Waals surface area (Å²) in [5, 5.41) is 0. The number of hydrogen-bond acceptors (Lipinski definition) is 4. The Balaban J connectivity index is 0.000000648. The molecule has 2 aliphatic heterocycles. The molecular weight excluding hydrogens is 304 g/mol. The van der Waals surface area contributed by atoms with Crippen LogP contribution in [-0.4, -0.2) is 59.0 Å². The van der Waals surface area contributed by atoms with E-state index >= 15 is 0 Å². The van der Waals surface area contributed by atoms with Gasteiger partial charge < -0.3 is 9.64 Å². The van der Waals surface area contributed by atoms with Crippen molar-refractivity contribution in [3.63, 3.8) is 0 Å². The number of carbonyl (C=O) groups excluding carboxylic acids is 2. The second-order valence-electron chi connectivity index (χ2n) is 8.17. The number of hydrogen-bond donors (Lipinski definition) is 0. The second kappa shape index (κ2) is 8.84. The van der Waals surface area contributed by atoms with Gasteiger partial charge in [-0.3, -0.25) is 9.69 Å². The summed E-state index contributed by atoms with van der Waals surface area (Å²) in [5.41, 5.74) is -0.467. The average molecular weight is 341 g/mol. The summed E-state index contributed by atoms with van der Waals surface area (Å²) in [6, 6.07) is 0. The van der Waals surface area contributed by atoms with E-state index in [9.17, 15) is 9.59 Å². The molecule has 2 aliphatic rings. The van der Waals surface area contributed by atoms with Crippen LogP contribution in [0.25, 0.3) is 0 Å². The summed E-state index contributed by atoms with van der Waals surface area (Å²) >= 11 is 0. The molecule has 24 heavy (non-hydrogen) atoms. The molecule has 5 nitrogen and oxygen atoms in total. The minimum absolute atomic E-state index is 0.0163. The third-order valence-electron chi connectivity index (χ3n) is 4.69. The highest BCUT2D eigenvalue weighted by Crippen LogP contribution is 2.30. The molecule has 5 heteroatoms. The smallest absolute Gasteiger partial charge is 0.410 e. The molecule has 2 saturated heterocycles. The van der Waals surface area contributed by atoms with Crippen LogP contribution in [0.5, 0.6) is 0 Å². The van der Waals surface area contributed by atoms with E-state index in [2.05, 4.69) is 25.7 Å². The van der Waals surface area contributed by atoms with Gasteiger partial charge in [-0.2, -0.15) is 0 Å². The first kappa shape index (κ1) is 20.9. The molecule has 0 N–H and O–H groups in total. The van der Waals surface area contributed by atoms with Crippen LogP contribution < -0.4 is 0 Å². The Morgan fingerprint density at radius 1 is 1.12 bits per heavy atom. The van der Waals surface area contributed by atoms with Gasteiger partial charge in [-0.25, -0.2) is 4.79 Å². The van der Waals surface area contributed by atoms with Crippen molar-refractivity contribution in [3.05, 3.63) is 0 Å². The van der Waals surface area contributed by atoms with Crippen LogP contribution in [0.1, 0.15) is 73.6 Å². The van der Waals surface area contributed by atoms with Crippen molar-refractivity contribution in [1.29, 1.82) is 0 Å². The van der Waals surface area contributed by atoms with Crippen LogP contribution in [0, 0.1) is 0 Å². The summed E-state index contributed by atoms with van der Waals surface area (Å²) in [4.78, 5) is 27.6. The van der Waals surface area contributed by atoms with Crippen LogP contribution in [0.2, 0.25) is 0 Å². The van der Waals surface area contributed by atoms with Gasteiger partial charge in [0.25, 0.3) is 0 Å². The van der Waals surface area contributed by atoms with Gasteiger partial charge in [-0.05, 0) is 34.1 Å². The summed E-state index contributed by atoms with van der Waals surface area (Å²) in [7, 11) is 0. The maximum atomic E-state index is 12.1. The van der Waals surface area contributed by atoms with Crippen LogP contribution in [-0.2, 0) is 9.53 Å². The minimum Gasteiger partial charge on any atom is -0.444 e. The number of amides is 1. The highest BCUT2D eigenvalue weighted by atomic mass is 16.6. The fourth-order valence-corrected chi connectivity index (χ4v) is 2.98. The Morgan fingerprint density at radius 3 is 2.12 bits per heavy atom. The number of nitrogens with zero attached hydrogens (tertiary/aromatic N) is 2. The average Bonchev–Trinajstić information content (AvgIpc) is 2.90. The first-order valence-electron chi connectivity index (χ1n) is 9.36. The monoisotopic (exact) mass is 340 g/mol. The summed E-state index contributed by atoms with van der Waals surface area (Å²) in [5.74, 6) is 0.354. The molecule has 2 heterocycles. The van der Waals surface area contributed by atoms with E-state index in [1.54, 1.807) is 4.90 Å². The largest absolute Gasteiger partial charge is 0.444 e. The molecule has 0 aromatic heterocycles. The number of piperidine rings is 1. The van der Waals surface area contributed by atoms with E-state index < -0.39 is 5.60 Å². The molecule has 0 spiro atoms. The topological polar surface area (TPSA) is 49.9 Å². The number of rotatable bonds is 2. The molecule has 0 aromatic rings. The summed E-state index contributed by atoms with van der Waals surface area (Å²) < 4.78 is 5.43. The van der Waals surface area contributed by atoms with Crippen molar-refractivity contribution < 1.29 is 14.3 Å². The van der Waals surface area contributed by atoms with Gasteiger partial charge in [0.1, 0.15) is 11.4 Å². The van der Waals surface area contributed by atoms with E-state index in [-0.39, 0.29) is 11.6 Å². The zero-order valence-corrected chi connectivity index (χ0v) is 16.5. The van der Waals surface area contributed by atoms with Crippen molar-refractivity contribution in [2.45, 2.75) is 84.8 Å². The van der Waals surface area contributed by atoms with Gasteiger partial charge in [0.15, 0.2) is 0 Å². The standard InChI is InChI=1S/C15H26N2O3.C4H10/c1-14(2,3)20-13(19)16-10-7-15(4,11-16)17-8-5-12(18)6-9-17;1-3-4-2/h5-11H2,1-4H3;3-4H2,1-2H3. The number of ketones is 1. The van der Waals surface area contributed by atoms with Crippen molar-refractivity contribution in [2.24, 2.45) is 0 Å². The molecular formula is C19H36N2O3. The molecule has 2 fully saturated rings. The lowest BCUT2D eigenvalue weighted by Gasteiger charge is -2.40. The van der Waals surface area contributed by atoms with Gasteiger partial charge in [-0.15, -0.1) is 0 Å². The Hall–Kier alpha value is -1.10. The molecule has 140 valence electrons. The molecule has 0 aromatic carbocycles. The highest BCUT2D eigenvalue weighted by molar-refractivity contribution is 5.79. The number of unbranched alkanes of at least 4 members (excludes halogenated alkanes) is 1. The van der Waals surface area contributed by atoms with Gasteiger partial charge in [0.2, 0.25) is 0 Å². The fourth-order valence-electron chi connectivity index (χ4n) is 2.98. The molecule has 0 bridgehead atoms. The molecule has 0 saturated carbocycles. The van der Waals surface area contributed by atoms with Crippen LogP contribution in [0.4, 0.5) is 4.79 Å². The first-order chi connectivity index (χ1) is 11.1. The zero-order valence-electron chi connectivity index (χ0n) is 16.5. The molecule has 0 radical (unpaired) electrons. The Bertz CT molecular complexity index is 419. The zero-order chi connectivity index (χ0) is 18.4. The molecule has 1 atom stereocenters. The van der Waals surface area contributed by atoms with E-state index in [1.165, 1.54) is 12.8 Å². The maximum Gasteiger partial charge on any atom is 0.410 e. The van der Waals surface area contributed by atoms with E-state index in [4.69, 9.17) is 4.74 Å². The normalized spacial score (nSPS) is 25.2. The molecule has 2 rings (SSSR count). The number of carbonyl (C=O) groups is 2. The quantitative estimate of drug-likeness (QED) is 0.766. The Labute approximate surface area is 147 Å². The van der Waals surface area contributed by atoms with Crippen molar-refractivity contribution >= 4 is 11.9 Å². The lowest BCUT2D eigenvalue weighted by molar-refractivity contribution is -0.122. The van der Waals surface area contributed by atoms with Crippen molar-refractivity contribution in [2.75, 3.05) is 26.2 Å². The van der Waals surface area contributed by atoms with Gasteiger partial charge in [0, 0.05) is 44.6 Å².